The van der Waals surface area contributed by atoms with Crippen LogP contribution in [0.3, 0.4) is 0 Å². The Bertz CT molecular complexity index is 286. The molecule has 1 atom stereocenters. The van der Waals surface area contributed by atoms with Crippen LogP contribution in [-0.2, 0) is 0 Å². The van der Waals surface area contributed by atoms with Gasteiger partial charge in [0.1, 0.15) is 5.75 Å². The Hall–Kier alpha value is -0.730. The first-order valence-corrected chi connectivity index (χ1v) is 4.58. The number of benzene rings is 1. The number of methoxy groups -OCH3 is 1. The standard InChI is InChI=1S/C10H13ClO2/c1-3-9(12)8-6-7(11)4-5-10(8)13-2/h4-6,9,12H,3H2,1-2H3. The minimum absolute atomic E-state index is 0.506. The van der Waals surface area contributed by atoms with E-state index in [-0.39, 0.29) is 0 Å². The second-order valence-electron chi connectivity index (χ2n) is 2.81. The SMILES string of the molecule is CCC(O)c1cc(Cl)ccc1OC. The molecule has 0 heterocycles. The molecule has 0 fully saturated rings. The van der Waals surface area contributed by atoms with Gasteiger partial charge in [-0.05, 0) is 24.6 Å². The van der Waals surface area contributed by atoms with E-state index in [1.807, 2.05) is 6.92 Å². The van der Waals surface area contributed by atoms with E-state index in [2.05, 4.69) is 0 Å². The lowest BCUT2D eigenvalue weighted by molar-refractivity contribution is 0.169. The van der Waals surface area contributed by atoms with E-state index in [9.17, 15) is 5.11 Å². The Morgan fingerprint density at radius 3 is 2.77 bits per heavy atom. The molecular weight excluding hydrogens is 188 g/mol. The maximum absolute atomic E-state index is 9.63. The van der Waals surface area contributed by atoms with Gasteiger partial charge >= 0.3 is 0 Å². The maximum atomic E-state index is 9.63. The van der Waals surface area contributed by atoms with E-state index in [1.165, 1.54) is 0 Å². The van der Waals surface area contributed by atoms with Crippen LogP contribution in [-0.4, -0.2) is 12.2 Å². The fraction of sp³-hybridized carbons (Fsp3) is 0.400. The van der Waals surface area contributed by atoms with Crippen molar-refractivity contribution in [1.29, 1.82) is 0 Å². The van der Waals surface area contributed by atoms with Crippen LogP contribution >= 0.6 is 11.6 Å². The van der Waals surface area contributed by atoms with Crippen molar-refractivity contribution in [2.75, 3.05) is 7.11 Å². The molecule has 0 aliphatic rings. The van der Waals surface area contributed by atoms with Gasteiger partial charge in [-0.2, -0.15) is 0 Å². The molecule has 1 unspecified atom stereocenters. The van der Waals surface area contributed by atoms with Crippen molar-refractivity contribution in [1.82, 2.24) is 0 Å². The molecule has 1 N–H and O–H groups in total. The number of hydrogen-bond acceptors (Lipinski definition) is 2. The van der Waals surface area contributed by atoms with Gasteiger partial charge in [0.05, 0.1) is 13.2 Å². The largest absolute Gasteiger partial charge is 0.496 e. The summed E-state index contributed by atoms with van der Waals surface area (Å²) in [4.78, 5) is 0. The van der Waals surface area contributed by atoms with Gasteiger partial charge in [0.25, 0.3) is 0 Å². The van der Waals surface area contributed by atoms with E-state index >= 15 is 0 Å². The van der Waals surface area contributed by atoms with Crippen LogP contribution in [0.2, 0.25) is 5.02 Å². The molecule has 0 aliphatic carbocycles. The third-order valence-electron chi connectivity index (χ3n) is 1.94. The number of halogens is 1. The topological polar surface area (TPSA) is 29.5 Å². The van der Waals surface area contributed by atoms with Crippen LogP contribution in [0, 0.1) is 0 Å². The third kappa shape index (κ3) is 2.36. The van der Waals surface area contributed by atoms with Crippen LogP contribution in [0.4, 0.5) is 0 Å². The quantitative estimate of drug-likeness (QED) is 0.813. The summed E-state index contributed by atoms with van der Waals surface area (Å²) in [6.45, 7) is 1.91. The Balaban J connectivity index is 3.07. The lowest BCUT2D eigenvalue weighted by Crippen LogP contribution is -1.98. The Labute approximate surface area is 83.1 Å². The van der Waals surface area contributed by atoms with Crippen molar-refractivity contribution in [3.05, 3.63) is 28.8 Å². The minimum atomic E-state index is -0.506. The smallest absolute Gasteiger partial charge is 0.124 e. The summed E-state index contributed by atoms with van der Waals surface area (Å²) in [7, 11) is 1.58. The van der Waals surface area contributed by atoms with Gasteiger partial charge in [-0.3, -0.25) is 0 Å². The zero-order valence-electron chi connectivity index (χ0n) is 7.75. The summed E-state index contributed by atoms with van der Waals surface area (Å²) in [5, 5.41) is 10.2. The van der Waals surface area contributed by atoms with E-state index in [0.29, 0.717) is 17.2 Å². The number of rotatable bonds is 3. The Morgan fingerprint density at radius 1 is 1.54 bits per heavy atom. The van der Waals surface area contributed by atoms with Gasteiger partial charge in [-0.1, -0.05) is 18.5 Å². The van der Waals surface area contributed by atoms with Crippen molar-refractivity contribution < 1.29 is 9.84 Å². The lowest BCUT2D eigenvalue weighted by Gasteiger charge is -2.12. The van der Waals surface area contributed by atoms with Crippen LogP contribution in [0.5, 0.6) is 5.75 Å². The molecule has 13 heavy (non-hydrogen) atoms. The van der Waals surface area contributed by atoms with Crippen LogP contribution < -0.4 is 4.74 Å². The molecule has 2 nitrogen and oxygen atoms in total. The lowest BCUT2D eigenvalue weighted by atomic mass is 10.1. The molecule has 1 rings (SSSR count). The zero-order valence-corrected chi connectivity index (χ0v) is 8.51. The van der Waals surface area contributed by atoms with Gasteiger partial charge in [-0.15, -0.1) is 0 Å². The molecule has 0 saturated heterocycles. The first-order chi connectivity index (χ1) is 6.19. The highest BCUT2D eigenvalue weighted by Crippen LogP contribution is 2.29. The summed E-state index contributed by atoms with van der Waals surface area (Å²) in [6.07, 6.45) is 0.144. The molecule has 1 aromatic rings. The molecule has 0 radical (unpaired) electrons. The minimum Gasteiger partial charge on any atom is -0.496 e. The highest BCUT2D eigenvalue weighted by Gasteiger charge is 2.11. The highest BCUT2D eigenvalue weighted by atomic mass is 35.5. The normalized spacial score (nSPS) is 12.6. The number of hydrogen-bond donors (Lipinski definition) is 1. The molecule has 0 saturated carbocycles. The van der Waals surface area contributed by atoms with E-state index in [1.54, 1.807) is 25.3 Å². The first kappa shape index (κ1) is 10.4. The predicted molar refractivity (Wildman–Crippen MR) is 53.3 cm³/mol. The molecule has 3 heteroatoms. The van der Waals surface area contributed by atoms with Crippen LogP contribution in [0.1, 0.15) is 25.0 Å². The molecule has 0 aliphatic heterocycles. The first-order valence-electron chi connectivity index (χ1n) is 4.20. The van der Waals surface area contributed by atoms with Crippen molar-refractivity contribution in [3.8, 4) is 5.75 Å². The molecule has 0 bridgehead atoms. The van der Waals surface area contributed by atoms with Crippen molar-refractivity contribution in [2.45, 2.75) is 19.4 Å². The number of ether oxygens (including phenoxy) is 1. The second kappa shape index (κ2) is 4.49. The van der Waals surface area contributed by atoms with Crippen molar-refractivity contribution in [2.24, 2.45) is 0 Å². The molecule has 0 amide bonds. The number of aliphatic hydroxyl groups is 1. The predicted octanol–water partition coefficient (Wildman–Crippen LogP) is 2.79. The molecule has 72 valence electrons. The summed E-state index contributed by atoms with van der Waals surface area (Å²) < 4.78 is 5.10. The Kier molecular flexibility index (Phi) is 3.58. The van der Waals surface area contributed by atoms with Gasteiger partial charge < -0.3 is 9.84 Å². The molecule has 1 aromatic carbocycles. The summed E-state index contributed by atoms with van der Waals surface area (Å²) in [6, 6.07) is 5.23. The summed E-state index contributed by atoms with van der Waals surface area (Å²) >= 11 is 5.81. The monoisotopic (exact) mass is 200 g/mol. The molecule has 0 aromatic heterocycles. The average molecular weight is 201 g/mol. The van der Waals surface area contributed by atoms with E-state index in [0.717, 1.165) is 5.56 Å². The fourth-order valence-corrected chi connectivity index (χ4v) is 1.37. The maximum Gasteiger partial charge on any atom is 0.124 e. The molecule has 0 spiro atoms. The van der Waals surface area contributed by atoms with E-state index < -0.39 is 6.10 Å². The van der Waals surface area contributed by atoms with Crippen molar-refractivity contribution in [3.63, 3.8) is 0 Å². The molecular formula is C10H13ClO2. The zero-order chi connectivity index (χ0) is 9.84. The van der Waals surface area contributed by atoms with Gasteiger partial charge in [0.2, 0.25) is 0 Å². The van der Waals surface area contributed by atoms with Gasteiger partial charge in [-0.25, -0.2) is 0 Å². The second-order valence-corrected chi connectivity index (χ2v) is 3.25. The van der Waals surface area contributed by atoms with Crippen molar-refractivity contribution >= 4 is 11.6 Å². The van der Waals surface area contributed by atoms with E-state index in [4.69, 9.17) is 16.3 Å². The Morgan fingerprint density at radius 2 is 2.23 bits per heavy atom. The van der Waals surface area contributed by atoms with Gasteiger partial charge in [0.15, 0.2) is 0 Å². The average Bonchev–Trinajstić information content (AvgIpc) is 2.16. The van der Waals surface area contributed by atoms with Gasteiger partial charge in [0, 0.05) is 10.6 Å². The van der Waals surface area contributed by atoms with Crippen LogP contribution in [0.15, 0.2) is 18.2 Å². The van der Waals surface area contributed by atoms with Crippen LogP contribution in [0.25, 0.3) is 0 Å². The summed E-state index contributed by atoms with van der Waals surface area (Å²) in [5.74, 6) is 0.679. The third-order valence-corrected chi connectivity index (χ3v) is 2.17. The number of aliphatic hydroxyl groups excluding tert-OH is 1. The summed E-state index contributed by atoms with van der Waals surface area (Å²) in [5.41, 5.74) is 0.748. The fourth-order valence-electron chi connectivity index (χ4n) is 1.19. The highest BCUT2D eigenvalue weighted by molar-refractivity contribution is 6.30.